The summed E-state index contributed by atoms with van der Waals surface area (Å²) in [4.78, 5) is 14.4. The third-order valence-electron chi connectivity index (χ3n) is 5.80. The number of aryl methyl sites for hydroxylation is 1. The van der Waals surface area contributed by atoms with E-state index in [-0.39, 0.29) is 5.63 Å². The van der Waals surface area contributed by atoms with E-state index < -0.39 is 0 Å². The van der Waals surface area contributed by atoms with Crippen molar-refractivity contribution in [3.05, 3.63) is 75.0 Å². The fourth-order valence-corrected chi connectivity index (χ4v) is 4.37. The summed E-state index contributed by atoms with van der Waals surface area (Å²) in [7, 11) is 0. The van der Waals surface area contributed by atoms with Gasteiger partial charge in [-0.3, -0.25) is 9.30 Å². The first-order chi connectivity index (χ1) is 14.1. The SMILES string of the molecule is Cc1cc2oc(=O)cc(CN3CCC(c4nnc5ccccn45)CC3)c2cc1Cl. The number of rotatable bonds is 3. The van der Waals surface area contributed by atoms with E-state index in [1.54, 1.807) is 6.07 Å². The molecule has 0 N–H and O–H groups in total. The van der Waals surface area contributed by atoms with Crippen molar-refractivity contribution in [3.63, 3.8) is 0 Å². The summed E-state index contributed by atoms with van der Waals surface area (Å²) in [5.41, 5.74) is 3.03. The molecule has 3 aromatic heterocycles. The average molecular weight is 409 g/mol. The highest BCUT2D eigenvalue weighted by Crippen LogP contribution is 2.30. The van der Waals surface area contributed by atoms with E-state index in [1.807, 2.05) is 43.5 Å². The molecule has 1 saturated heterocycles. The zero-order chi connectivity index (χ0) is 20.0. The highest BCUT2D eigenvalue weighted by molar-refractivity contribution is 6.32. The second kappa shape index (κ2) is 7.28. The van der Waals surface area contributed by atoms with Gasteiger partial charge >= 0.3 is 5.63 Å². The normalized spacial score (nSPS) is 16.1. The number of halogens is 1. The lowest BCUT2D eigenvalue weighted by atomic mass is 9.95. The maximum atomic E-state index is 12.0. The molecular weight excluding hydrogens is 388 g/mol. The molecule has 0 radical (unpaired) electrons. The molecule has 1 aliphatic heterocycles. The predicted octanol–water partition coefficient (Wildman–Crippen LogP) is 4.18. The van der Waals surface area contributed by atoms with Gasteiger partial charge in [0.25, 0.3) is 0 Å². The molecule has 148 valence electrons. The molecule has 0 aliphatic carbocycles. The molecule has 5 rings (SSSR count). The second-order valence-electron chi connectivity index (χ2n) is 7.73. The van der Waals surface area contributed by atoms with Crippen LogP contribution in [0.3, 0.4) is 0 Å². The molecule has 0 saturated carbocycles. The van der Waals surface area contributed by atoms with Crippen molar-refractivity contribution in [2.24, 2.45) is 0 Å². The highest BCUT2D eigenvalue weighted by atomic mass is 35.5. The van der Waals surface area contributed by atoms with Crippen LogP contribution in [0.2, 0.25) is 5.02 Å². The van der Waals surface area contributed by atoms with Gasteiger partial charge in [0, 0.05) is 35.1 Å². The monoisotopic (exact) mass is 408 g/mol. The van der Waals surface area contributed by atoms with Crippen molar-refractivity contribution in [1.82, 2.24) is 19.5 Å². The zero-order valence-electron chi connectivity index (χ0n) is 16.1. The molecule has 1 aliphatic rings. The number of nitrogens with zero attached hydrogens (tertiary/aromatic N) is 4. The van der Waals surface area contributed by atoms with Crippen molar-refractivity contribution >= 4 is 28.2 Å². The van der Waals surface area contributed by atoms with Crippen molar-refractivity contribution in [3.8, 4) is 0 Å². The van der Waals surface area contributed by atoms with Crippen LogP contribution in [-0.2, 0) is 6.54 Å². The van der Waals surface area contributed by atoms with Gasteiger partial charge in [-0.2, -0.15) is 0 Å². The van der Waals surface area contributed by atoms with Crippen LogP contribution in [0.25, 0.3) is 16.6 Å². The summed E-state index contributed by atoms with van der Waals surface area (Å²) >= 11 is 6.32. The predicted molar refractivity (Wildman–Crippen MR) is 112 cm³/mol. The maximum absolute atomic E-state index is 12.0. The first-order valence-electron chi connectivity index (χ1n) is 9.83. The van der Waals surface area contributed by atoms with Crippen LogP contribution in [0, 0.1) is 6.92 Å². The number of piperidine rings is 1. The largest absolute Gasteiger partial charge is 0.423 e. The summed E-state index contributed by atoms with van der Waals surface area (Å²) in [5, 5.41) is 10.3. The molecule has 1 aromatic carbocycles. The van der Waals surface area contributed by atoms with Gasteiger partial charge in [-0.1, -0.05) is 17.7 Å². The number of aromatic nitrogens is 3. The summed E-state index contributed by atoms with van der Waals surface area (Å²) in [6.07, 6.45) is 4.04. The lowest BCUT2D eigenvalue weighted by Gasteiger charge is -2.31. The lowest BCUT2D eigenvalue weighted by Crippen LogP contribution is -2.33. The van der Waals surface area contributed by atoms with Crippen LogP contribution < -0.4 is 5.63 Å². The van der Waals surface area contributed by atoms with Gasteiger partial charge < -0.3 is 4.42 Å². The van der Waals surface area contributed by atoms with Crippen molar-refractivity contribution in [1.29, 1.82) is 0 Å². The van der Waals surface area contributed by atoms with Crippen molar-refractivity contribution in [2.45, 2.75) is 32.2 Å². The van der Waals surface area contributed by atoms with Gasteiger partial charge in [-0.15, -0.1) is 10.2 Å². The Labute approximate surface area is 172 Å². The van der Waals surface area contributed by atoms with E-state index in [9.17, 15) is 4.79 Å². The number of hydrogen-bond acceptors (Lipinski definition) is 5. The molecule has 4 aromatic rings. The Balaban J connectivity index is 1.36. The highest BCUT2D eigenvalue weighted by Gasteiger charge is 2.25. The Morgan fingerprint density at radius 2 is 2.00 bits per heavy atom. The quantitative estimate of drug-likeness (QED) is 0.476. The molecule has 4 heterocycles. The Kier molecular flexibility index (Phi) is 4.60. The average Bonchev–Trinajstić information content (AvgIpc) is 3.14. The lowest BCUT2D eigenvalue weighted by molar-refractivity contribution is 0.201. The van der Waals surface area contributed by atoms with Crippen LogP contribution in [0.15, 0.2) is 51.8 Å². The van der Waals surface area contributed by atoms with Crippen LogP contribution in [0.5, 0.6) is 0 Å². The third kappa shape index (κ3) is 3.43. The first kappa shape index (κ1) is 18.3. The minimum atomic E-state index is -0.320. The molecule has 29 heavy (non-hydrogen) atoms. The van der Waals surface area contributed by atoms with Crippen molar-refractivity contribution in [2.75, 3.05) is 13.1 Å². The fraction of sp³-hybridized carbons (Fsp3) is 0.318. The molecule has 0 bridgehead atoms. The van der Waals surface area contributed by atoms with Gasteiger partial charge in [-0.05, 0) is 68.2 Å². The van der Waals surface area contributed by atoms with Gasteiger partial charge in [-0.25, -0.2) is 4.79 Å². The molecule has 0 spiro atoms. The first-order valence-corrected chi connectivity index (χ1v) is 10.2. The van der Waals surface area contributed by atoms with E-state index in [0.717, 1.165) is 53.9 Å². The minimum Gasteiger partial charge on any atom is -0.423 e. The minimum absolute atomic E-state index is 0.320. The topological polar surface area (TPSA) is 63.6 Å². The van der Waals surface area contributed by atoms with Crippen LogP contribution >= 0.6 is 11.6 Å². The maximum Gasteiger partial charge on any atom is 0.336 e. The number of likely N-dealkylation sites (tertiary alicyclic amines) is 1. The van der Waals surface area contributed by atoms with Gasteiger partial charge in [0.2, 0.25) is 0 Å². The van der Waals surface area contributed by atoms with Gasteiger partial charge in [0.15, 0.2) is 5.65 Å². The van der Waals surface area contributed by atoms with E-state index in [4.69, 9.17) is 16.0 Å². The Hall–Kier alpha value is -2.70. The molecule has 0 amide bonds. The van der Waals surface area contributed by atoms with Crippen LogP contribution in [0.1, 0.15) is 35.7 Å². The summed E-state index contributed by atoms with van der Waals surface area (Å²) in [6.45, 7) is 4.49. The molecule has 1 fully saturated rings. The number of benzene rings is 1. The van der Waals surface area contributed by atoms with Crippen LogP contribution in [-0.4, -0.2) is 32.6 Å². The van der Waals surface area contributed by atoms with Crippen molar-refractivity contribution < 1.29 is 4.42 Å². The summed E-state index contributed by atoms with van der Waals surface area (Å²) < 4.78 is 7.47. The Bertz CT molecular complexity index is 1250. The smallest absolute Gasteiger partial charge is 0.336 e. The molecule has 0 atom stereocenters. The zero-order valence-corrected chi connectivity index (χ0v) is 16.9. The van der Waals surface area contributed by atoms with Crippen LogP contribution in [0.4, 0.5) is 0 Å². The number of pyridine rings is 1. The standard InChI is InChI=1S/C22H21ClN4O2/c1-14-10-19-17(12-18(14)23)16(11-21(28)29-19)13-26-8-5-15(6-9-26)22-25-24-20-4-2-3-7-27(20)22/h2-4,7,10-12,15H,5-6,8-9,13H2,1H3. The fourth-order valence-electron chi connectivity index (χ4n) is 4.21. The second-order valence-corrected chi connectivity index (χ2v) is 8.13. The Morgan fingerprint density at radius 3 is 2.83 bits per heavy atom. The molecule has 0 unspecified atom stereocenters. The van der Waals surface area contributed by atoms with E-state index in [1.165, 1.54) is 0 Å². The molecular formula is C22H21ClN4O2. The van der Waals surface area contributed by atoms with E-state index in [0.29, 0.717) is 23.1 Å². The Morgan fingerprint density at radius 1 is 1.17 bits per heavy atom. The third-order valence-corrected chi connectivity index (χ3v) is 6.20. The van der Waals surface area contributed by atoms with E-state index in [2.05, 4.69) is 19.5 Å². The number of fused-ring (bicyclic) bond motifs is 2. The number of hydrogen-bond donors (Lipinski definition) is 0. The van der Waals surface area contributed by atoms with Gasteiger partial charge in [0.05, 0.1) is 0 Å². The summed E-state index contributed by atoms with van der Waals surface area (Å²) in [6, 6.07) is 11.3. The molecule has 6 nitrogen and oxygen atoms in total. The van der Waals surface area contributed by atoms with Gasteiger partial charge in [0.1, 0.15) is 11.4 Å². The molecule has 7 heteroatoms. The summed E-state index contributed by atoms with van der Waals surface area (Å²) in [5.74, 6) is 1.42. The van der Waals surface area contributed by atoms with E-state index >= 15 is 0 Å².